The Morgan fingerprint density at radius 1 is 1.14 bits per heavy atom. The van der Waals surface area contributed by atoms with Crippen molar-refractivity contribution in [2.75, 3.05) is 6.54 Å². The van der Waals surface area contributed by atoms with Gasteiger partial charge in [-0.3, -0.25) is 0 Å². The molecule has 1 aromatic heterocycles. The van der Waals surface area contributed by atoms with Crippen molar-refractivity contribution < 1.29 is 0 Å². The van der Waals surface area contributed by atoms with E-state index in [-0.39, 0.29) is 0 Å². The van der Waals surface area contributed by atoms with Crippen molar-refractivity contribution in [3.05, 3.63) is 53.7 Å². The third-order valence-electron chi connectivity index (χ3n) is 3.35. The smallest absolute Gasteiger partial charge is 0.105 e. The quantitative estimate of drug-likeness (QED) is 0.739. The molecule has 1 aromatic carbocycles. The normalized spacial score (nSPS) is 11.0. The molecule has 0 aliphatic carbocycles. The summed E-state index contributed by atoms with van der Waals surface area (Å²) in [5, 5.41) is 4.54. The molecule has 0 saturated heterocycles. The summed E-state index contributed by atoms with van der Waals surface area (Å²) >= 11 is 1.74. The first-order valence-electron chi connectivity index (χ1n) is 7.63. The van der Waals surface area contributed by atoms with Crippen LogP contribution in [0.4, 0.5) is 0 Å². The van der Waals surface area contributed by atoms with Crippen molar-refractivity contribution in [1.29, 1.82) is 0 Å². The Balaban J connectivity index is 2.08. The number of nitrogens with one attached hydrogen (secondary N) is 1. The highest BCUT2D eigenvalue weighted by atomic mass is 32.2. The molecule has 0 fully saturated rings. The number of nitrogens with zero attached hydrogens (tertiary/aromatic N) is 1. The van der Waals surface area contributed by atoms with Crippen LogP contribution in [-0.2, 0) is 6.54 Å². The van der Waals surface area contributed by atoms with E-state index < -0.39 is 0 Å². The molecule has 0 saturated carbocycles. The number of pyridine rings is 1. The van der Waals surface area contributed by atoms with E-state index >= 15 is 0 Å². The van der Waals surface area contributed by atoms with E-state index in [1.165, 1.54) is 16.0 Å². The van der Waals surface area contributed by atoms with Crippen molar-refractivity contribution in [3.8, 4) is 0 Å². The van der Waals surface area contributed by atoms with Gasteiger partial charge in [-0.1, -0.05) is 50.7 Å². The maximum Gasteiger partial charge on any atom is 0.105 e. The summed E-state index contributed by atoms with van der Waals surface area (Å²) in [6.45, 7) is 8.55. The molecule has 0 unspecified atom stereocenters. The fourth-order valence-electron chi connectivity index (χ4n) is 2.08. The molecular formula is C18H24N2S. The van der Waals surface area contributed by atoms with Crippen LogP contribution in [0.1, 0.15) is 44.2 Å². The summed E-state index contributed by atoms with van der Waals surface area (Å²) in [5.41, 5.74) is 2.65. The molecule has 0 aliphatic heterocycles. The van der Waals surface area contributed by atoms with Gasteiger partial charge in [0.15, 0.2) is 0 Å². The minimum Gasteiger partial charge on any atom is -0.313 e. The summed E-state index contributed by atoms with van der Waals surface area (Å²) < 4.78 is 0. The summed E-state index contributed by atoms with van der Waals surface area (Å²) in [7, 11) is 0. The highest BCUT2D eigenvalue weighted by Gasteiger charge is 2.06. The Kier molecular flexibility index (Phi) is 6.27. The summed E-state index contributed by atoms with van der Waals surface area (Å²) in [5.74, 6) is 0.577. The van der Waals surface area contributed by atoms with Gasteiger partial charge >= 0.3 is 0 Å². The third-order valence-corrected chi connectivity index (χ3v) is 4.42. The maximum absolute atomic E-state index is 4.53. The van der Waals surface area contributed by atoms with Crippen LogP contribution in [0.2, 0.25) is 0 Å². The zero-order chi connectivity index (χ0) is 15.1. The summed E-state index contributed by atoms with van der Waals surface area (Å²) in [6.07, 6.45) is 3.02. The van der Waals surface area contributed by atoms with E-state index in [1.807, 2.05) is 12.3 Å². The predicted molar refractivity (Wildman–Crippen MR) is 90.9 cm³/mol. The van der Waals surface area contributed by atoms with Gasteiger partial charge < -0.3 is 5.32 Å². The van der Waals surface area contributed by atoms with Gasteiger partial charge in [-0.25, -0.2) is 4.98 Å². The molecule has 0 spiro atoms. The van der Waals surface area contributed by atoms with Gasteiger partial charge in [0.1, 0.15) is 5.03 Å². The average Bonchev–Trinajstić information content (AvgIpc) is 2.50. The Morgan fingerprint density at radius 2 is 1.90 bits per heavy atom. The zero-order valence-corrected chi connectivity index (χ0v) is 13.9. The van der Waals surface area contributed by atoms with Crippen LogP contribution in [0.25, 0.3) is 0 Å². The number of hydrogen-bond donors (Lipinski definition) is 1. The third kappa shape index (κ3) is 4.87. The van der Waals surface area contributed by atoms with Gasteiger partial charge in [0.25, 0.3) is 0 Å². The lowest BCUT2D eigenvalue weighted by molar-refractivity contribution is 0.665. The molecule has 1 N–H and O–H groups in total. The van der Waals surface area contributed by atoms with E-state index in [9.17, 15) is 0 Å². The molecule has 0 atom stereocenters. The Morgan fingerprint density at radius 3 is 2.57 bits per heavy atom. The fourth-order valence-corrected chi connectivity index (χ4v) is 2.96. The highest BCUT2D eigenvalue weighted by Crippen LogP contribution is 2.29. The highest BCUT2D eigenvalue weighted by molar-refractivity contribution is 7.99. The molecule has 2 aromatic rings. The lowest BCUT2D eigenvalue weighted by Crippen LogP contribution is -2.14. The lowest BCUT2D eigenvalue weighted by Gasteiger charge is -2.10. The first-order valence-corrected chi connectivity index (χ1v) is 8.44. The van der Waals surface area contributed by atoms with E-state index in [2.05, 4.69) is 61.4 Å². The van der Waals surface area contributed by atoms with Crippen molar-refractivity contribution in [3.63, 3.8) is 0 Å². The van der Waals surface area contributed by atoms with Gasteiger partial charge in [-0.15, -0.1) is 0 Å². The van der Waals surface area contributed by atoms with Gasteiger partial charge in [0, 0.05) is 17.6 Å². The topological polar surface area (TPSA) is 24.9 Å². The van der Waals surface area contributed by atoms with E-state index in [0.29, 0.717) is 5.92 Å². The van der Waals surface area contributed by atoms with Crippen molar-refractivity contribution in [2.45, 2.75) is 49.6 Å². The first-order chi connectivity index (χ1) is 10.2. The number of hydrogen-bond acceptors (Lipinski definition) is 3. The Hall–Kier alpha value is -1.32. The molecule has 2 rings (SSSR count). The largest absolute Gasteiger partial charge is 0.313 e. The van der Waals surface area contributed by atoms with Gasteiger partial charge in [0.05, 0.1) is 0 Å². The summed E-state index contributed by atoms with van der Waals surface area (Å²) in [6, 6.07) is 13.0. The minimum absolute atomic E-state index is 0.577. The molecule has 0 bridgehead atoms. The second-order valence-electron chi connectivity index (χ2n) is 5.47. The van der Waals surface area contributed by atoms with Crippen LogP contribution < -0.4 is 5.32 Å². The molecule has 3 heteroatoms. The number of aromatic nitrogens is 1. The number of benzene rings is 1. The van der Waals surface area contributed by atoms with Crippen molar-refractivity contribution in [1.82, 2.24) is 10.3 Å². The van der Waals surface area contributed by atoms with E-state index in [4.69, 9.17) is 0 Å². The second kappa shape index (κ2) is 8.20. The van der Waals surface area contributed by atoms with Gasteiger partial charge in [-0.2, -0.15) is 0 Å². The second-order valence-corrected chi connectivity index (χ2v) is 6.53. The average molecular weight is 300 g/mol. The molecule has 2 nitrogen and oxygen atoms in total. The molecular weight excluding hydrogens is 276 g/mol. The molecule has 21 heavy (non-hydrogen) atoms. The molecule has 0 radical (unpaired) electrons. The molecule has 0 amide bonds. The van der Waals surface area contributed by atoms with Crippen LogP contribution in [0.3, 0.4) is 0 Å². The minimum atomic E-state index is 0.577. The van der Waals surface area contributed by atoms with Crippen LogP contribution >= 0.6 is 11.8 Å². The maximum atomic E-state index is 4.53. The van der Waals surface area contributed by atoms with E-state index in [0.717, 1.165) is 24.5 Å². The van der Waals surface area contributed by atoms with Crippen LogP contribution in [-0.4, -0.2) is 11.5 Å². The Labute approximate surface area is 132 Å². The van der Waals surface area contributed by atoms with Gasteiger partial charge in [0.2, 0.25) is 0 Å². The molecule has 1 heterocycles. The monoisotopic (exact) mass is 300 g/mol. The lowest BCUT2D eigenvalue weighted by atomic mass is 10.0. The zero-order valence-electron chi connectivity index (χ0n) is 13.1. The van der Waals surface area contributed by atoms with Crippen molar-refractivity contribution >= 4 is 11.8 Å². The van der Waals surface area contributed by atoms with Gasteiger partial charge in [-0.05, 0) is 48.2 Å². The van der Waals surface area contributed by atoms with Crippen LogP contribution in [0, 0.1) is 0 Å². The van der Waals surface area contributed by atoms with Crippen molar-refractivity contribution in [2.24, 2.45) is 0 Å². The Bertz CT molecular complexity index is 549. The molecule has 0 aliphatic rings. The van der Waals surface area contributed by atoms with Crippen LogP contribution in [0.15, 0.2) is 52.5 Å². The summed E-state index contributed by atoms with van der Waals surface area (Å²) in [4.78, 5) is 5.78. The predicted octanol–water partition coefficient (Wildman–Crippen LogP) is 4.86. The molecule has 112 valence electrons. The SMILES string of the molecule is CCCNCc1cccnc1Sc1ccc(C(C)C)cc1. The standard InChI is InChI=1S/C18H24N2S/c1-4-11-19-13-16-6-5-12-20-18(16)21-17-9-7-15(8-10-17)14(2)3/h5-10,12,14,19H,4,11,13H2,1-3H3. The first kappa shape index (κ1) is 16.1. The van der Waals surface area contributed by atoms with Crippen LogP contribution in [0.5, 0.6) is 0 Å². The van der Waals surface area contributed by atoms with E-state index in [1.54, 1.807) is 11.8 Å². The fraction of sp³-hybridized carbons (Fsp3) is 0.389. The number of rotatable bonds is 7.